The molecule has 0 aromatic heterocycles. The molecule has 2 N–H and O–H groups in total. The highest BCUT2D eigenvalue weighted by atomic mass is 79.9. The summed E-state index contributed by atoms with van der Waals surface area (Å²) in [6.07, 6.45) is 0. The summed E-state index contributed by atoms with van der Waals surface area (Å²) in [5, 5.41) is 0.559. The van der Waals surface area contributed by atoms with E-state index in [1.54, 1.807) is 7.11 Å². The van der Waals surface area contributed by atoms with Crippen molar-refractivity contribution in [3.63, 3.8) is 0 Å². The van der Waals surface area contributed by atoms with Crippen LogP contribution in [0.15, 0.2) is 40.9 Å². The van der Waals surface area contributed by atoms with E-state index in [-0.39, 0.29) is 6.04 Å². The van der Waals surface area contributed by atoms with Gasteiger partial charge < -0.3 is 15.2 Å². The molecule has 0 heterocycles. The zero-order chi connectivity index (χ0) is 15.4. The minimum Gasteiger partial charge on any atom is -0.497 e. The van der Waals surface area contributed by atoms with Crippen molar-refractivity contribution >= 4 is 27.5 Å². The summed E-state index contributed by atoms with van der Waals surface area (Å²) in [6, 6.07) is 11.3. The fourth-order valence-electron chi connectivity index (χ4n) is 1.86. The van der Waals surface area contributed by atoms with Crippen LogP contribution in [-0.2, 0) is 6.61 Å². The molecule has 0 aliphatic rings. The summed E-state index contributed by atoms with van der Waals surface area (Å²) in [5.74, 6) is 1.42. The summed E-state index contributed by atoms with van der Waals surface area (Å²) in [6.45, 7) is 2.31. The molecule has 0 bridgehead atoms. The lowest BCUT2D eigenvalue weighted by Crippen LogP contribution is -2.05. The van der Waals surface area contributed by atoms with Gasteiger partial charge in [0.1, 0.15) is 18.1 Å². The molecule has 5 heteroatoms. The lowest BCUT2D eigenvalue weighted by molar-refractivity contribution is 0.304. The van der Waals surface area contributed by atoms with Crippen molar-refractivity contribution in [1.29, 1.82) is 0 Å². The molecular weight excluding hydrogens is 354 g/mol. The van der Waals surface area contributed by atoms with Gasteiger partial charge in [-0.05, 0) is 42.8 Å². The van der Waals surface area contributed by atoms with Crippen molar-refractivity contribution in [2.75, 3.05) is 7.11 Å². The van der Waals surface area contributed by atoms with E-state index in [2.05, 4.69) is 15.9 Å². The van der Waals surface area contributed by atoms with Gasteiger partial charge in [0.05, 0.1) is 12.1 Å². The maximum Gasteiger partial charge on any atom is 0.138 e. The van der Waals surface area contributed by atoms with Gasteiger partial charge in [0.2, 0.25) is 0 Å². The lowest BCUT2D eigenvalue weighted by atomic mass is 10.1. The molecule has 0 fully saturated rings. The Kier molecular flexibility index (Phi) is 5.51. The Morgan fingerprint density at radius 3 is 2.62 bits per heavy atom. The molecule has 21 heavy (non-hydrogen) atoms. The van der Waals surface area contributed by atoms with E-state index in [0.29, 0.717) is 17.4 Å². The highest BCUT2D eigenvalue weighted by Gasteiger charge is 2.08. The highest BCUT2D eigenvalue weighted by molar-refractivity contribution is 9.10. The van der Waals surface area contributed by atoms with Gasteiger partial charge in [-0.25, -0.2) is 0 Å². The van der Waals surface area contributed by atoms with E-state index in [9.17, 15) is 0 Å². The fraction of sp³-hybridized carbons (Fsp3) is 0.250. The predicted octanol–water partition coefficient (Wildman–Crippen LogP) is 4.71. The molecule has 0 saturated heterocycles. The van der Waals surface area contributed by atoms with Crippen molar-refractivity contribution in [1.82, 2.24) is 0 Å². The number of nitrogens with two attached hydrogens (primary N) is 1. The van der Waals surface area contributed by atoms with Crippen molar-refractivity contribution in [3.8, 4) is 11.5 Å². The van der Waals surface area contributed by atoms with Crippen molar-refractivity contribution < 1.29 is 9.47 Å². The first-order valence-corrected chi connectivity index (χ1v) is 7.68. The number of hydrogen-bond acceptors (Lipinski definition) is 3. The first-order chi connectivity index (χ1) is 10.0. The molecule has 2 rings (SSSR count). The van der Waals surface area contributed by atoms with Gasteiger partial charge in [0, 0.05) is 16.1 Å². The maximum atomic E-state index is 6.22. The summed E-state index contributed by atoms with van der Waals surface area (Å²) in [4.78, 5) is 0. The monoisotopic (exact) mass is 369 g/mol. The maximum absolute atomic E-state index is 6.22. The van der Waals surface area contributed by atoms with Crippen LogP contribution in [0.1, 0.15) is 24.1 Å². The van der Waals surface area contributed by atoms with Crippen LogP contribution in [0, 0.1) is 0 Å². The number of hydrogen-bond donors (Lipinski definition) is 1. The number of benzene rings is 2. The number of methoxy groups -OCH3 is 1. The summed E-state index contributed by atoms with van der Waals surface area (Å²) < 4.78 is 12.0. The Labute approximate surface area is 138 Å². The van der Waals surface area contributed by atoms with E-state index in [1.165, 1.54) is 0 Å². The van der Waals surface area contributed by atoms with E-state index in [1.807, 2.05) is 43.3 Å². The highest BCUT2D eigenvalue weighted by Crippen LogP contribution is 2.29. The van der Waals surface area contributed by atoms with Crippen LogP contribution < -0.4 is 15.2 Å². The topological polar surface area (TPSA) is 44.5 Å². The molecule has 3 nitrogen and oxygen atoms in total. The molecule has 2 aromatic carbocycles. The third kappa shape index (κ3) is 4.13. The number of ether oxygens (including phenoxy) is 2. The Hall–Kier alpha value is -1.23. The van der Waals surface area contributed by atoms with E-state index < -0.39 is 0 Å². The average Bonchev–Trinajstić information content (AvgIpc) is 2.47. The molecule has 0 aliphatic carbocycles. The summed E-state index contributed by atoms with van der Waals surface area (Å²) in [5.41, 5.74) is 7.80. The molecule has 2 aromatic rings. The predicted molar refractivity (Wildman–Crippen MR) is 89.1 cm³/mol. The van der Waals surface area contributed by atoms with Crippen LogP contribution in [0.4, 0.5) is 0 Å². The van der Waals surface area contributed by atoms with E-state index in [0.717, 1.165) is 21.3 Å². The van der Waals surface area contributed by atoms with Crippen LogP contribution in [0.3, 0.4) is 0 Å². The Morgan fingerprint density at radius 2 is 2.00 bits per heavy atom. The summed E-state index contributed by atoms with van der Waals surface area (Å²) >= 11 is 9.72. The number of halogens is 2. The van der Waals surface area contributed by atoms with Gasteiger partial charge in [-0.1, -0.05) is 33.6 Å². The zero-order valence-electron chi connectivity index (χ0n) is 11.9. The van der Waals surface area contributed by atoms with Gasteiger partial charge >= 0.3 is 0 Å². The quantitative estimate of drug-likeness (QED) is 0.829. The minimum atomic E-state index is -0.0518. The molecule has 0 radical (unpaired) electrons. The number of rotatable bonds is 5. The Bertz CT molecular complexity index is 632. The van der Waals surface area contributed by atoms with Crippen LogP contribution in [0.25, 0.3) is 0 Å². The largest absolute Gasteiger partial charge is 0.497 e. The SMILES string of the molecule is COc1ccc(Br)c(COc2ccc([C@@H](C)N)cc2Cl)c1. The zero-order valence-corrected chi connectivity index (χ0v) is 14.2. The van der Waals surface area contributed by atoms with Crippen molar-refractivity contribution in [3.05, 3.63) is 57.0 Å². The van der Waals surface area contributed by atoms with E-state index in [4.69, 9.17) is 26.8 Å². The molecule has 1 atom stereocenters. The van der Waals surface area contributed by atoms with Crippen LogP contribution >= 0.6 is 27.5 Å². The van der Waals surface area contributed by atoms with Gasteiger partial charge in [-0.3, -0.25) is 0 Å². The van der Waals surface area contributed by atoms with E-state index >= 15 is 0 Å². The van der Waals surface area contributed by atoms with Crippen LogP contribution in [0.5, 0.6) is 11.5 Å². The molecule has 112 valence electrons. The van der Waals surface area contributed by atoms with Gasteiger partial charge in [0.15, 0.2) is 0 Å². The van der Waals surface area contributed by atoms with Crippen molar-refractivity contribution in [2.24, 2.45) is 5.73 Å². The molecule has 0 unspecified atom stereocenters. The third-order valence-corrected chi connectivity index (χ3v) is 4.19. The second-order valence-corrected chi connectivity index (χ2v) is 5.99. The first-order valence-electron chi connectivity index (χ1n) is 6.51. The summed E-state index contributed by atoms with van der Waals surface area (Å²) in [7, 11) is 1.64. The molecular formula is C16H17BrClNO2. The normalized spacial score (nSPS) is 12.0. The molecule has 0 amide bonds. The molecule has 0 saturated carbocycles. The standard InChI is InChI=1S/C16H17BrClNO2/c1-10(19)11-3-6-16(15(18)8-11)21-9-12-7-13(20-2)4-5-14(12)17/h3-8,10H,9,19H2,1-2H3/t10-/m1/s1. The lowest BCUT2D eigenvalue weighted by Gasteiger charge is -2.12. The second kappa shape index (κ2) is 7.16. The average molecular weight is 371 g/mol. The second-order valence-electron chi connectivity index (χ2n) is 4.72. The van der Waals surface area contributed by atoms with Gasteiger partial charge in [0.25, 0.3) is 0 Å². The first kappa shape index (κ1) is 16.1. The smallest absolute Gasteiger partial charge is 0.138 e. The Morgan fingerprint density at radius 1 is 1.24 bits per heavy atom. The van der Waals surface area contributed by atoms with Crippen LogP contribution in [0.2, 0.25) is 5.02 Å². The third-order valence-electron chi connectivity index (χ3n) is 3.12. The van der Waals surface area contributed by atoms with Gasteiger partial charge in [-0.15, -0.1) is 0 Å². The molecule has 0 aliphatic heterocycles. The van der Waals surface area contributed by atoms with Crippen LogP contribution in [-0.4, -0.2) is 7.11 Å². The fourth-order valence-corrected chi connectivity index (χ4v) is 2.47. The molecule has 0 spiro atoms. The van der Waals surface area contributed by atoms with Gasteiger partial charge in [-0.2, -0.15) is 0 Å². The minimum absolute atomic E-state index is 0.0518. The van der Waals surface area contributed by atoms with Crippen molar-refractivity contribution in [2.45, 2.75) is 19.6 Å². The Balaban J connectivity index is 2.13.